The molecule has 0 radical (unpaired) electrons. The van der Waals surface area contributed by atoms with Gasteiger partial charge in [0.25, 0.3) is 5.91 Å². The van der Waals surface area contributed by atoms with Crippen LogP contribution < -0.4 is 4.74 Å². The number of benzene rings is 3. The Morgan fingerprint density at radius 2 is 1.57 bits per heavy atom. The van der Waals surface area contributed by atoms with E-state index in [1.807, 2.05) is 54.6 Å². The third-order valence-electron chi connectivity index (χ3n) is 4.41. The first-order valence-electron chi connectivity index (χ1n) is 8.96. The van der Waals surface area contributed by atoms with Crippen molar-refractivity contribution in [2.75, 3.05) is 0 Å². The molecule has 3 aromatic carbocycles. The Morgan fingerprint density at radius 1 is 0.893 bits per heavy atom. The van der Waals surface area contributed by atoms with Crippen LogP contribution in [0.2, 0.25) is 0 Å². The van der Waals surface area contributed by atoms with Gasteiger partial charge in [0.1, 0.15) is 11.6 Å². The maximum atomic E-state index is 13.5. The molecular formula is C23H18N2O3. The van der Waals surface area contributed by atoms with Crippen LogP contribution >= 0.6 is 0 Å². The van der Waals surface area contributed by atoms with Crippen molar-refractivity contribution in [2.45, 2.75) is 13.3 Å². The van der Waals surface area contributed by atoms with Crippen LogP contribution in [0.1, 0.15) is 28.7 Å². The standard InChI is InChI=1S/C23H18N2O3/c1-16(26)28-21-14-8-5-11-18(21)23(27)25-20-13-7-6-12-19(20)24-22(25)15-17-9-3-2-4-10-17/h2-14H,15H2,1H3. The van der Waals surface area contributed by atoms with Gasteiger partial charge < -0.3 is 4.74 Å². The molecule has 5 nitrogen and oxygen atoms in total. The molecule has 0 saturated carbocycles. The predicted molar refractivity (Wildman–Crippen MR) is 106 cm³/mol. The molecule has 0 unspecified atom stereocenters. The van der Waals surface area contributed by atoms with E-state index in [0.29, 0.717) is 17.8 Å². The van der Waals surface area contributed by atoms with Gasteiger partial charge in [-0.05, 0) is 29.8 Å². The Kier molecular flexibility index (Phi) is 4.72. The van der Waals surface area contributed by atoms with Crippen molar-refractivity contribution in [3.63, 3.8) is 0 Å². The van der Waals surface area contributed by atoms with Gasteiger partial charge in [-0.1, -0.05) is 54.6 Å². The summed E-state index contributed by atoms with van der Waals surface area (Å²) in [6, 6.07) is 24.1. The third-order valence-corrected chi connectivity index (χ3v) is 4.41. The number of carbonyl (C=O) groups excluding carboxylic acids is 2. The van der Waals surface area contributed by atoms with Crippen molar-refractivity contribution in [2.24, 2.45) is 0 Å². The van der Waals surface area contributed by atoms with Gasteiger partial charge in [-0.2, -0.15) is 0 Å². The number of carbonyl (C=O) groups is 2. The largest absolute Gasteiger partial charge is 0.426 e. The number of imidazole rings is 1. The van der Waals surface area contributed by atoms with E-state index in [9.17, 15) is 9.59 Å². The highest BCUT2D eigenvalue weighted by Gasteiger charge is 2.21. The number of aromatic nitrogens is 2. The molecular weight excluding hydrogens is 352 g/mol. The average molecular weight is 370 g/mol. The van der Waals surface area contributed by atoms with Crippen molar-refractivity contribution >= 4 is 22.9 Å². The minimum atomic E-state index is -0.472. The second-order valence-electron chi connectivity index (χ2n) is 6.41. The lowest BCUT2D eigenvalue weighted by atomic mass is 10.1. The summed E-state index contributed by atoms with van der Waals surface area (Å²) in [6.07, 6.45) is 0.511. The lowest BCUT2D eigenvalue weighted by molar-refractivity contribution is -0.131. The highest BCUT2D eigenvalue weighted by Crippen LogP contribution is 2.24. The summed E-state index contributed by atoms with van der Waals surface area (Å²) in [5, 5.41) is 0. The maximum absolute atomic E-state index is 13.5. The van der Waals surface area contributed by atoms with Gasteiger partial charge in [0.15, 0.2) is 0 Å². The van der Waals surface area contributed by atoms with E-state index in [4.69, 9.17) is 4.74 Å². The van der Waals surface area contributed by atoms with Gasteiger partial charge in [-0.3, -0.25) is 14.2 Å². The molecule has 0 saturated heterocycles. The minimum Gasteiger partial charge on any atom is -0.426 e. The number of hydrogen-bond acceptors (Lipinski definition) is 4. The summed E-state index contributed by atoms with van der Waals surface area (Å²) >= 11 is 0. The molecule has 0 aliphatic carbocycles. The van der Waals surface area contributed by atoms with E-state index in [1.165, 1.54) is 6.92 Å². The second kappa shape index (κ2) is 7.48. The average Bonchev–Trinajstić information content (AvgIpc) is 3.06. The predicted octanol–water partition coefficient (Wildman–Crippen LogP) is 4.24. The quantitative estimate of drug-likeness (QED) is 0.398. The Labute approximate surface area is 162 Å². The normalized spacial score (nSPS) is 10.8. The van der Waals surface area contributed by atoms with Crippen LogP contribution in [0, 0.1) is 0 Å². The highest BCUT2D eigenvalue weighted by molar-refractivity contribution is 6.04. The zero-order chi connectivity index (χ0) is 19.5. The number of para-hydroxylation sites is 3. The molecule has 138 valence electrons. The Balaban J connectivity index is 1.85. The van der Waals surface area contributed by atoms with Crippen molar-refractivity contribution in [1.29, 1.82) is 0 Å². The van der Waals surface area contributed by atoms with Gasteiger partial charge in [-0.15, -0.1) is 0 Å². The first kappa shape index (κ1) is 17.7. The molecule has 0 fully saturated rings. The molecule has 4 rings (SSSR count). The zero-order valence-corrected chi connectivity index (χ0v) is 15.3. The molecule has 0 aliphatic rings. The highest BCUT2D eigenvalue weighted by atomic mass is 16.5. The molecule has 0 amide bonds. The van der Waals surface area contributed by atoms with Crippen molar-refractivity contribution in [3.8, 4) is 5.75 Å². The van der Waals surface area contributed by atoms with Crippen LogP contribution in [-0.4, -0.2) is 21.4 Å². The number of ether oxygens (including phenoxy) is 1. The molecule has 28 heavy (non-hydrogen) atoms. The molecule has 0 N–H and O–H groups in total. The number of hydrogen-bond donors (Lipinski definition) is 0. The van der Waals surface area contributed by atoms with Crippen LogP contribution in [0.5, 0.6) is 5.75 Å². The van der Waals surface area contributed by atoms with Crippen LogP contribution in [-0.2, 0) is 11.2 Å². The van der Waals surface area contributed by atoms with Crippen molar-refractivity contribution in [1.82, 2.24) is 9.55 Å². The topological polar surface area (TPSA) is 61.2 Å². The zero-order valence-electron chi connectivity index (χ0n) is 15.3. The molecule has 0 atom stereocenters. The van der Waals surface area contributed by atoms with Crippen molar-refractivity contribution in [3.05, 3.63) is 95.8 Å². The first-order chi connectivity index (χ1) is 13.6. The molecule has 0 spiro atoms. The van der Waals surface area contributed by atoms with E-state index < -0.39 is 5.97 Å². The fraction of sp³-hybridized carbons (Fsp3) is 0.0870. The second-order valence-corrected chi connectivity index (χ2v) is 6.41. The number of esters is 1. The van der Waals surface area contributed by atoms with Crippen LogP contribution in [0.15, 0.2) is 78.9 Å². The number of fused-ring (bicyclic) bond motifs is 1. The molecule has 5 heteroatoms. The molecule has 0 aliphatic heterocycles. The van der Waals surface area contributed by atoms with E-state index in [2.05, 4.69) is 4.98 Å². The molecule has 0 bridgehead atoms. The summed E-state index contributed by atoms with van der Waals surface area (Å²) in [7, 11) is 0. The first-order valence-corrected chi connectivity index (χ1v) is 8.96. The van der Waals surface area contributed by atoms with Gasteiger partial charge in [0, 0.05) is 13.3 Å². The third kappa shape index (κ3) is 3.42. The van der Waals surface area contributed by atoms with E-state index in [0.717, 1.165) is 16.6 Å². The monoisotopic (exact) mass is 370 g/mol. The van der Waals surface area contributed by atoms with Crippen LogP contribution in [0.3, 0.4) is 0 Å². The fourth-order valence-electron chi connectivity index (χ4n) is 3.21. The van der Waals surface area contributed by atoms with E-state index >= 15 is 0 Å². The maximum Gasteiger partial charge on any atom is 0.308 e. The van der Waals surface area contributed by atoms with Gasteiger partial charge in [0.05, 0.1) is 16.6 Å². The Hall–Kier alpha value is -3.73. The summed E-state index contributed by atoms with van der Waals surface area (Å²) in [5.74, 6) is 0.121. The van der Waals surface area contributed by atoms with Gasteiger partial charge in [0.2, 0.25) is 0 Å². The summed E-state index contributed by atoms with van der Waals surface area (Å²) < 4.78 is 6.84. The number of rotatable bonds is 4. The van der Waals surface area contributed by atoms with E-state index in [1.54, 1.807) is 28.8 Å². The van der Waals surface area contributed by atoms with Crippen LogP contribution in [0.4, 0.5) is 0 Å². The molecule has 4 aromatic rings. The summed E-state index contributed by atoms with van der Waals surface area (Å²) in [4.78, 5) is 29.6. The lowest BCUT2D eigenvalue weighted by Gasteiger charge is -2.11. The smallest absolute Gasteiger partial charge is 0.308 e. The SMILES string of the molecule is CC(=O)Oc1ccccc1C(=O)n1c(Cc2ccccc2)nc2ccccc21. The summed E-state index contributed by atoms with van der Waals surface area (Å²) in [5.41, 5.74) is 2.83. The van der Waals surface area contributed by atoms with E-state index in [-0.39, 0.29) is 11.7 Å². The summed E-state index contributed by atoms with van der Waals surface area (Å²) in [6.45, 7) is 1.31. The molecule has 1 heterocycles. The Bertz CT molecular complexity index is 1160. The van der Waals surface area contributed by atoms with Crippen LogP contribution in [0.25, 0.3) is 11.0 Å². The molecule has 1 aromatic heterocycles. The fourth-order valence-corrected chi connectivity index (χ4v) is 3.21. The number of nitrogens with zero attached hydrogens (tertiary/aromatic N) is 2. The van der Waals surface area contributed by atoms with Gasteiger partial charge in [-0.25, -0.2) is 4.98 Å². The van der Waals surface area contributed by atoms with Crippen molar-refractivity contribution < 1.29 is 14.3 Å². The van der Waals surface area contributed by atoms with Gasteiger partial charge >= 0.3 is 5.97 Å². The lowest BCUT2D eigenvalue weighted by Crippen LogP contribution is -2.17. The minimum absolute atomic E-state index is 0.239. The Morgan fingerprint density at radius 3 is 2.36 bits per heavy atom.